The Labute approximate surface area is 180 Å². The molecule has 1 saturated heterocycles. The number of carbonyl (C=O) groups excluding carboxylic acids is 1. The van der Waals surface area contributed by atoms with E-state index in [0.717, 1.165) is 12.8 Å². The third-order valence-corrected chi connectivity index (χ3v) is 6.40. The average molecular weight is 435 g/mol. The van der Waals surface area contributed by atoms with Gasteiger partial charge < -0.3 is 9.72 Å². The number of thiazole rings is 1. The Bertz CT molecular complexity index is 1320. The highest BCUT2D eigenvalue weighted by Crippen LogP contribution is 2.37. The number of fused-ring (bicyclic) bond motifs is 1. The van der Waals surface area contributed by atoms with Crippen LogP contribution in [-0.4, -0.2) is 27.5 Å². The molecule has 1 unspecified atom stereocenters. The summed E-state index contributed by atoms with van der Waals surface area (Å²) in [6.45, 7) is 0.559. The summed E-state index contributed by atoms with van der Waals surface area (Å²) in [7, 11) is 0. The van der Waals surface area contributed by atoms with Gasteiger partial charge >= 0.3 is 6.09 Å². The van der Waals surface area contributed by atoms with E-state index in [1.807, 2.05) is 6.07 Å². The molecule has 0 spiro atoms. The van der Waals surface area contributed by atoms with E-state index in [0.29, 0.717) is 38.8 Å². The highest BCUT2D eigenvalue weighted by atomic mass is 32.1. The number of amides is 1. The summed E-state index contributed by atoms with van der Waals surface area (Å²) in [6, 6.07) is 16.7. The fraction of sp³-hybridized carbons (Fsp3) is 0.174. The second kappa shape index (κ2) is 7.96. The highest BCUT2D eigenvalue weighted by Gasteiger charge is 2.34. The molecule has 1 N–H and O–H groups in total. The topological polar surface area (TPSA) is 75.3 Å². The summed E-state index contributed by atoms with van der Waals surface area (Å²) in [4.78, 5) is 34.3. The van der Waals surface area contributed by atoms with Gasteiger partial charge in [-0.2, -0.15) is 0 Å². The largest absolute Gasteiger partial charge is 0.415 e. The first-order valence-electron chi connectivity index (χ1n) is 9.92. The van der Waals surface area contributed by atoms with Crippen LogP contribution < -0.4 is 10.3 Å². The minimum absolute atomic E-state index is 0.259. The molecule has 0 bridgehead atoms. The zero-order valence-corrected chi connectivity index (χ0v) is 17.2. The van der Waals surface area contributed by atoms with Gasteiger partial charge in [0, 0.05) is 12.1 Å². The molecule has 4 aromatic rings. The van der Waals surface area contributed by atoms with Gasteiger partial charge in [-0.1, -0.05) is 30.3 Å². The Morgan fingerprint density at radius 1 is 1.16 bits per heavy atom. The lowest BCUT2D eigenvalue weighted by atomic mass is 10.1. The summed E-state index contributed by atoms with van der Waals surface area (Å²) >= 11 is 1.35. The number of halogens is 1. The normalized spacial score (nSPS) is 16.0. The molecule has 2 aromatic heterocycles. The number of nitrogens with zero attached hydrogens (tertiary/aromatic N) is 2. The quantitative estimate of drug-likeness (QED) is 0.484. The molecule has 5 rings (SSSR count). The first kappa shape index (κ1) is 19.4. The van der Waals surface area contributed by atoms with Crippen molar-refractivity contribution < 1.29 is 13.9 Å². The number of benzene rings is 2. The molecule has 156 valence electrons. The van der Waals surface area contributed by atoms with Gasteiger partial charge in [-0.3, -0.25) is 9.69 Å². The molecule has 6 nitrogen and oxygen atoms in total. The monoisotopic (exact) mass is 435 g/mol. The Kier molecular flexibility index (Phi) is 4.99. The van der Waals surface area contributed by atoms with E-state index < -0.39 is 11.9 Å². The number of pyridine rings is 1. The minimum Gasteiger partial charge on any atom is -0.410 e. The SMILES string of the molecule is O=C(Oc1ccccc1)N1CCCC1c1nc2c(=O)[nH]c(-c3ccccc3F)cc2s1. The maximum Gasteiger partial charge on any atom is 0.415 e. The number of nitrogens with one attached hydrogen (secondary N) is 1. The van der Waals surface area contributed by atoms with Crippen LogP contribution in [0.2, 0.25) is 0 Å². The number of aromatic amines is 1. The number of hydrogen-bond acceptors (Lipinski definition) is 5. The molecule has 1 fully saturated rings. The number of hydrogen-bond donors (Lipinski definition) is 1. The summed E-state index contributed by atoms with van der Waals surface area (Å²) in [5.74, 6) is 0.0706. The average Bonchev–Trinajstić information content (AvgIpc) is 3.42. The van der Waals surface area contributed by atoms with Crippen molar-refractivity contribution in [3.05, 3.63) is 81.8 Å². The van der Waals surface area contributed by atoms with Crippen molar-refractivity contribution in [3.8, 4) is 17.0 Å². The molecular formula is C23H18FN3O3S. The van der Waals surface area contributed by atoms with Crippen LogP contribution in [0.4, 0.5) is 9.18 Å². The summed E-state index contributed by atoms with van der Waals surface area (Å²) in [5, 5.41) is 0.675. The number of ether oxygens (including phenoxy) is 1. The smallest absolute Gasteiger partial charge is 0.410 e. The Balaban J connectivity index is 1.47. The van der Waals surface area contributed by atoms with Gasteiger partial charge in [0.2, 0.25) is 0 Å². The van der Waals surface area contributed by atoms with E-state index in [-0.39, 0.29) is 11.6 Å². The molecule has 2 aromatic carbocycles. The fourth-order valence-corrected chi connectivity index (χ4v) is 4.97. The van der Waals surface area contributed by atoms with Crippen molar-refractivity contribution in [2.45, 2.75) is 18.9 Å². The van der Waals surface area contributed by atoms with E-state index in [4.69, 9.17) is 4.74 Å². The van der Waals surface area contributed by atoms with Gasteiger partial charge in [-0.25, -0.2) is 14.2 Å². The van der Waals surface area contributed by atoms with Crippen molar-refractivity contribution in [1.82, 2.24) is 14.9 Å². The van der Waals surface area contributed by atoms with Crippen LogP contribution in [0.3, 0.4) is 0 Å². The van der Waals surface area contributed by atoms with Crippen LogP contribution in [0.5, 0.6) is 5.75 Å². The molecule has 8 heteroatoms. The predicted molar refractivity (Wildman–Crippen MR) is 117 cm³/mol. The molecule has 0 aliphatic carbocycles. The van der Waals surface area contributed by atoms with Crippen molar-refractivity contribution in [1.29, 1.82) is 0 Å². The lowest BCUT2D eigenvalue weighted by Crippen LogP contribution is -2.33. The lowest BCUT2D eigenvalue weighted by Gasteiger charge is -2.22. The van der Waals surface area contributed by atoms with Gasteiger partial charge in [-0.15, -0.1) is 11.3 Å². The molecular weight excluding hydrogens is 417 g/mol. The fourth-order valence-electron chi connectivity index (χ4n) is 3.82. The van der Waals surface area contributed by atoms with Crippen molar-refractivity contribution >= 4 is 27.6 Å². The van der Waals surface area contributed by atoms with Crippen LogP contribution in [0.25, 0.3) is 21.5 Å². The van der Waals surface area contributed by atoms with Crippen LogP contribution in [0, 0.1) is 5.82 Å². The van der Waals surface area contributed by atoms with E-state index in [1.165, 1.54) is 17.4 Å². The van der Waals surface area contributed by atoms with Gasteiger partial charge in [0.15, 0.2) is 0 Å². The molecule has 31 heavy (non-hydrogen) atoms. The molecule has 1 aliphatic heterocycles. The van der Waals surface area contributed by atoms with Gasteiger partial charge in [0.05, 0.1) is 16.4 Å². The maximum absolute atomic E-state index is 14.2. The van der Waals surface area contributed by atoms with E-state index in [1.54, 1.807) is 53.4 Å². The van der Waals surface area contributed by atoms with Crippen LogP contribution in [-0.2, 0) is 0 Å². The molecule has 0 saturated carbocycles. The number of H-pyrrole nitrogens is 1. The predicted octanol–water partition coefficient (Wildman–Crippen LogP) is 5.13. The lowest BCUT2D eigenvalue weighted by molar-refractivity contribution is 0.147. The van der Waals surface area contributed by atoms with Crippen molar-refractivity contribution in [2.24, 2.45) is 0 Å². The van der Waals surface area contributed by atoms with Crippen molar-refractivity contribution in [3.63, 3.8) is 0 Å². The van der Waals surface area contributed by atoms with Gasteiger partial charge in [0.1, 0.15) is 22.1 Å². The van der Waals surface area contributed by atoms with Gasteiger partial charge in [0.25, 0.3) is 5.56 Å². The number of rotatable bonds is 3. The summed E-state index contributed by atoms with van der Waals surface area (Å²) in [6.07, 6.45) is 1.12. The Hall–Kier alpha value is -3.52. The zero-order chi connectivity index (χ0) is 21.4. The van der Waals surface area contributed by atoms with Crippen LogP contribution in [0.1, 0.15) is 23.9 Å². The van der Waals surface area contributed by atoms with E-state index >= 15 is 0 Å². The molecule has 3 heterocycles. The minimum atomic E-state index is -0.436. The molecule has 1 atom stereocenters. The second-order valence-corrected chi connectivity index (χ2v) is 8.35. The zero-order valence-electron chi connectivity index (χ0n) is 16.4. The maximum atomic E-state index is 14.2. The number of aromatic nitrogens is 2. The third kappa shape index (κ3) is 3.70. The number of para-hydroxylation sites is 1. The number of likely N-dealkylation sites (tertiary alicyclic amines) is 1. The molecule has 0 radical (unpaired) electrons. The number of carbonyl (C=O) groups is 1. The van der Waals surface area contributed by atoms with E-state index in [9.17, 15) is 14.0 Å². The third-order valence-electron chi connectivity index (χ3n) is 5.29. The highest BCUT2D eigenvalue weighted by molar-refractivity contribution is 7.18. The summed E-state index contributed by atoms with van der Waals surface area (Å²) in [5.41, 5.74) is 0.640. The second-order valence-electron chi connectivity index (χ2n) is 7.29. The van der Waals surface area contributed by atoms with E-state index in [2.05, 4.69) is 9.97 Å². The molecule has 1 aliphatic rings. The van der Waals surface area contributed by atoms with Crippen molar-refractivity contribution in [2.75, 3.05) is 6.54 Å². The Morgan fingerprint density at radius 2 is 1.94 bits per heavy atom. The standard InChI is InChI=1S/C23H18FN3O3S/c24-16-10-5-4-9-15(16)17-13-19-20(21(28)25-17)26-22(31-19)18-11-6-12-27(18)23(29)30-14-7-2-1-3-8-14/h1-5,7-10,13,18H,6,11-12H2,(H,25,28). The Morgan fingerprint density at radius 3 is 2.74 bits per heavy atom. The van der Waals surface area contributed by atoms with Crippen LogP contribution in [0.15, 0.2) is 65.5 Å². The van der Waals surface area contributed by atoms with Gasteiger partial charge in [-0.05, 0) is 43.2 Å². The summed E-state index contributed by atoms with van der Waals surface area (Å²) < 4.78 is 20.3. The first-order valence-corrected chi connectivity index (χ1v) is 10.7. The molecule has 1 amide bonds. The first-order chi connectivity index (χ1) is 15.1. The van der Waals surface area contributed by atoms with Crippen LogP contribution >= 0.6 is 11.3 Å².